The first-order chi connectivity index (χ1) is 12.4. The van der Waals surface area contributed by atoms with Gasteiger partial charge < -0.3 is 18.9 Å². The fourth-order valence-electron chi connectivity index (χ4n) is 1.19. The van der Waals surface area contributed by atoms with Gasteiger partial charge in [0.2, 0.25) is 0 Å². The van der Waals surface area contributed by atoms with Crippen LogP contribution in [0.15, 0.2) is 5.16 Å². The predicted molar refractivity (Wildman–Crippen MR) is 101 cm³/mol. The van der Waals surface area contributed by atoms with Gasteiger partial charge in [0.25, 0.3) is 0 Å². The fourth-order valence-corrected chi connectivity index (χ4v) is 1.89. The van der Waals surface area contributed by atoms with E-state index in [1.165, 1.54) is 25.9 Å². The minimum Gasteiger partial charge on any atom is -0.446 e. The molecule has 10 nitrogen and oxygen atoms in total. The molecule has 0 aromatic rings. The number of methoxy groups -OCH3 is 1. The van der Waals surface area contributed by atoms with E-state index in [9.17, 15) is 9.59 Å². The molecular weight excluding hydrogens is 386 g/mol. The highest BCUT2D eigenvalue weighted by Gasteiger charge is 2.19. The van der Waals surface area contributed by atoms with E-state index in [-0.39, 0.29) is 13.2 Å². The molecule has 0 bridgehead atoms. The second kappa shape index (κ2) is 16.0. The van der Waals surface area contributed by atoms with Gasteiger partial charge in [-0.15, -0.1) is 11.8 Å². The van der Waals surface area contributed by atoms with Crippen molar-refractivity contribution >= 4 is 41.1 Å². The van der Waals surface area contributed by atoms with Crippen molar-refractivity contribution < 1.29 is 33.4 Å². The SMILES string of the molecule is COCCOCCOCCOC(=O)N(C)SN(C)C(=O)ON=C(C)SC. The summed E-state index contributed by atoms with van der Waals surface area (Å²) >= 11 is 2.18. The zero-order chi connectivity index (χ0) is 19.8. The first-order valence-corrected chi connectivity index (χ1v) is 9.64. The van der Waals surface area contributed by atoms with Crippen LogP contribution in [0.25, 0.3) is 0 Å². The van der Waals surface area contributed by atoms with Crippen molar-refractivity contribution in [1.82, 2.24) is 8.61 Å². The summed E-state index contributed by atoms with van der Waals surface area (Å²) in [6.07, 6.45) is 0.492. The zero-order valence-electron chi connectivity index (χ0n) is 15.8. The molecule has 0 aromatic carbocycles. The molecule has 0 aromatic heterocycles. The number of hydrogen-bond donors (Lipinski definition) is 0. The lowest BCUT2D eigenvalue weighted by Crippen LogP contribution is -2.30. The van der Waals surface area contributed by atoms with E-state index < -0.39 is 12.2 Å². The lowest BCUT2D eigenvalue weighted by molar-refractivity contribution is 0.0120. The Bertz CT molecular complexity index is 441. The summed E-state index contributed by atoms with van der Waals surface area (Å²) in [4.78, 5) is 28.2. The van der Waals surface area contributed by atoms with Crippen LogP contribution in [0.5, 0.6) is 0 Å². The van der Waals surface area contributed by atoms with Crippen LogP contribution in [-0.2, 0) is 23.8 Å². The fraction of sp³-hybridized carbons (Fsp3) is 0.786. The van der Waals surface area contributed by atoms with Gasteiger partial charge in [-0.25, -0.2) is 18.2 Å². The molecule has 0 atom stereocenters. The summed E-state index contributed by atoms with van der Waals surface area (Å²) in [5.74, 6) is 0. The van der Waals surface area contributed by atoms with Crippen LogP contribution in [0.3, 0.4) is 0 Å². The maximum Gasteiger partial charge on any atom is 0.447 e. The van der Waals surface area contributed by atoms with Crippen LogP contribution in [0.4, 0.5) is 9.59 Å². The molecule has 0 fully saturated rings. The number of oxime groups is 1. The number of nitrogens with zero attached hydrogens (tertiary/aromatic N) is 3. The van der Waals surface area contributed by atoms with Gasteiger partial charge in [0.15, 0.2) is 0 Å². The highest BCUT2D eigenvalue weighted by molar-refractivity contribution is 8.13. The lowest BCUT2D eigenvalue weighted by atomic mass is 10.7. The highest BCUT2D eigenvalue weighted by Crippen LogP contribution is 2.14. The summed E-state index contributed by atoms with van der Waals surface area (Å²) in [5, 5.41) is 4.23. The molecule has 0 saturated carbocycles. The number of ether oxygens (including phenoxy) is 4. The molecule has 152 valence electrons. The number of carbonyl (C=O) groups excluding carboxylic acids is 2. The molecule has 0 N–H and O–H groups in total. The Labute approximate surface area is 162 Å². The summed E-state index contributed by atoms with van der Waals surface area (Å²) in [6, 6.07) is 0. The van der Waals surface area contributed by atoms with Crippen LogP contribution in [0.1, 0.15) is 6.92 Å². The van der Waals surface area contributed by atoms with Gasteiger partial charge in [0, 0.05) is 21.2 Å². The molecule has 0 saturated heterocycles. The van der Waals surface area contributed by atoms with Crippen molar-refractivity contribution in [3.05, 3.63) is 0 Å². The van der Waals surface area contributed by atoms with Gasteiger partial charge in [-0.3, -0.25) is 4.84 Å². The van der Waals surface area contributed by atoms with Crippen LogP contribution >= 0.6 is 23.9 Å². The summed E-state index contributed by atoms with van der Waals surface area (Å²) in [7, 11) is 4.52. The molecule has 0 heterocycles. The summed E-state index contributed by atoms with van der Waals surface area (Å²) in [5.41, 5.74) is 0. The van der Waals surface area contributed by atoms with Crippen molar-refractivity contribution in [2.75, 3.05) is 67.1 Å². The van der Waals surface area contributed by atoms with E-state index in [1.54, 1.807) is 14.0 Å². The van der Waals surface area contributed by atoms with E-state index >= 15 is 0 Å². The lowest BCUT2D eigenvalue weighted by Gasteiger charge is -2.20. The van der Waals surface area contributed by atoms with E-state index in [0.29, 0.717) is 31.5 Å². The molecule has 0 aliphatic rings. The minimum absolute atomic E-state index is 0.0905. The van der Waals surface area contributed by atoms with Gasteiger partial charge >= 0.3 is 12.2 Å². The first kappa shape index (κ1) is 24.8. The molecule has 0 rings (SSSR count). The Balaban J connectivity index is 3.83. The summed E-state index contributed by atoms with van der Waals surface area (Å²) in [6.45, 7) is 3.94. The van der Waals surface area contributed by atoms with E-state index in [2.05, 4.69) is 5.16 Å². The van der Waals surface area contributed by atoms with Gasteiger partial charge in [-0.1, -0.05) is 5.16 Å². The Hall–Kier alpha value is -1.21. The van der Waals surface area contributed by atoms with Crippen LogP contribution in [0.2, 0.25) is 0 Å². The standard InChI is InChI=1S/C14H27N3O7S2/c1-12(25-5)15-24-14(19)17(3)26-16(2)13(18)23-11-10-22-9-8-21-7-6-20-4/h6-11H2,1-5H3. The number of amides is 2. The maximum atomic E-state index is 11.8. The molecule has 0 spiro atoms. The normalized spacial score (nSPS) is 11.2. The maximum absolute atomic E-state index is 11.8. The third-order valence-electron chi connectivity index (χ3n) is 2.56. The molecule has 0 radical (unpaired) electrons. The van der Waals surface area contributed by atoms with E-state index in [1.807, 2.05) is 6.26 Å². The number of hydrogen-bond acceptors (Lipinski definition) is 10. The zero-order valence-corrected chi connectivity index (χ0v) is 17.4. The van der Waals surface area contributed by atoms with Gasteiger partial charge in [-0.05, 0) is 13.2 Å². The van der Waals surface area contributed by atoms with Crippen molar-refractivity contribution in [3.8, 4) is 0 Å². The second-order valence-electron chi connectivity index (χ2n) is 4.58. The largest absolute Gasteiger partial charge is 0.447 e. The number of thioether (sulfide) groups is 1. The van der Waals surface area contributed by atoms with E-state index in [0.717, 1.165) is 20.7 Å². The smallest absolute Gasteiger partial charge is 0.446 e. The Morgan fingerprint density at radius 2 is 1.46 bits per heavy atom. The monoisotopic (exact) mass is 413 g/mol. The van der Waals surface area contributed by atoms with Gasteiger partial charge in [0.1, 0.15) is 11.7 Å². The molecule has 0 aliphatic carbocycles. The molecule has 12 heteroatoms. The Kier molecular flexibility index (Phi) is 15.3. The molecule has 0 unspecified atom stereocenters. The quantitative estimate of drug-likeness (QED) is 0.119. The Morgan fingerprint density at radius 3 is 2.04 bits per heavy atom. The van der Waals surface area contributed by atoms with Crippen molar-refractivity contribution in [2.45, 2.75) is 6.92 Å². The van der Waals surface area contributed by atoms with E-state index in [4.69, 9.17) is 23.8 Å². The second-order valence-corrected chi connectivity index (χ2v) is 6.84. The van der Waals surface area contributed by atoms with Gasteiger partial charge in [0.05, 0.1) is 45.2 Å². The molecule has 2 amide bonds. The predicted octanol–water partition coefficient (Wildman–Crippen LogP) is 2.06. The average Bonchev–Trinajstić information content (AvgIpc) is 2.63. The third-order valence-corrected chi connectivity index (χ3v) is 4.02. The average molecular weight is 414 g/mol. The topological polar surface area (TPSA) is 99.1 Å². The molecule has 0 aliphatic heterocycles. The molecule has 26 heavy (non-hydrogen) atoms. The number of carbonyl (C=O) groups is 2. The Morgan fingerprint density at radius 1 is 0.923 bits per heavy atom. The van der Waals surface area contributed by atoms with Crippen LogP contribution in [-0.4, -0.2) is 92.9 Å². The third kappa shape index (κ3) is 13.1. The molecular formula is C14H27N3O7S2. The van der Waals surface area contributed by atoms with Crippen molar-refractivity contribution in [2.24, 2.45) is 5.16 Å². The van der Waals surface area contributed by atoms with Crippen LogP contribution in [0, 0.1) is 0 Å². The first-order valence-electron chi connectivity index (χ1n) is 7.68. The number of rotatable bonds is 12. The highest BCUT2D eigenvalue weighted by atomic mass is 32.2. The van der Waals surface area contributed by atoms with Crippen molar-refractivity contribution in [3.63, 3.8) is 0 Å². The van der Waals surface area contributed by atoms with Crippen molar-refractivity contribution in [1.29, 1.82) is 0 Å². The summed E-state index contributed by atoms with van der Waals surface area (Å²) < 4.78 is 22.6. The van der Waals surface area contributed by atoms with Gasteiger partial charge in [-0.2, -0.15) is 0 Å². The van der Waals surface area contributed by atoms with Crippen LogP contribution < -0.4 is 0 Å². The minimum atomic E-state index is -0.708.